The van der Waals surface area contributed by atoms with Crippen LogP contribution in [-0.2, 0) is 11.2 Å². The van der Waals surface area contributed by atoms with E-state index in [1.807, 2.05) is 77.5 Å². The number of anilines is 1. The first kappa shape index (κ1) is 18.0. The summed E-state index contributed by atoms with van der Waals surface area (Å²) in [5, 5.41) is 2.77. The van der Waals surface area contributed by atoms with Gasteiger partial charge in [0.05, 0.1) is 22.3 Å². The molecule has 0 aliphatic heterocycles. The Kier molecular flexibility index (Phi) is 4.61. The van der Waals surface area contributed by atoms with Crippen molar-refractivity contribution in [3.63, 3.8) is 0 Å². The quantitative estimate of drug-likeness (QED) is 0.391. The van der Waals surface area contributed by atoms with Crippen LogP contribution >= 0.6 is 22.7 Å². The third-order valence-corrected chi connectivity index (χ3v) is 6.76. The average molecular weight is 419 g/mol. The summed E-state index contributed by atoms with van der Waals surface area (Å²) in [6, 6.07) is 18.1. The number of aromatic nitrogens is 3. The molecular weight excluding hydrogens is 400 g/mol. The Labute approximate surface area is 175 Å². The number of benzene rings is 2. The lowest BCUT2D eigenvalue weighted by Crippen LogP contribution is -2.32. The molecule has 0 saturated heterocycles. The first-order valence-electron chi connectivity index (χ1n) is 9.40. The number of hydrogen-bond acceptors (Lipinski definition) is 5. The molecule has 0 radical (unpaired) electrons. The van der Waals surface area contributed by atoms with Crippen molar-refractivity contribution >= 4 is 48.9 Å². The molecule has 3 aromatic heterocycles. The Morgan fingerprint density at radius 2 is 1.86 bits per heavy atom. The van der Waals surface area contributed by atoms with Crippen LogP contribution in [0.1, 0.15) is 12.6 Å². The molecule has 144 valence electrons. The minimum absolute atomic E-state index is 0.0428. The fourth-order valence-corrected chi connectivity index (χ4v) is 5.27. The van der Waals surface area contributed by atoms with Gasteiger partial charge in [-0.1, -0.05) is 53.8 Å². The van der Waals surface area contributed by atoms with Gasteiger partial charge in [0.2, 0.25) is 5.91 Å². The van der Waals surface area contributed by atoms with E-state index < -0.39 is 0 Å². The monoisotopic (exact) mass is 418 g/mol. The van der Waals surface area contributed by atoms with Crippen molar-refractivity contribution < 1.29 is 4.79 Å². The third-order valence-electron chi connectivity index (χ3n) is 4.82. The van der Waals surface area contributed by atoms with Gasteiger partial charge in [-0.2, -0.15) is 0 Å². The van der Waals surface area contributed by atoms with Gasteiger partial charge >= 0.3 is 0 Å². The molecule has 7 heteroatoms. The maximum Gasteiger partial charge on any atom is 0.234 e. The van der Waals surface area contributed by atoms with Crippen LogP contribution in [0, 0.1) is 0 Å². The normalized spacial score (nSPS) is 11.3. The first-order chi connectivity index (χ1) is 14.2. The van der Waals surface area contributed by atoms with Crippen LogP contribution in [0.25, 0.3) is 26.4 Å². The molecule has 5 rings (SSSR count). The van der Waals surface area contributed by atoms with E-state index in [1.54, 1.807) is 27.6 Å². The molecule has 0 aliphatic rings. The van der Waals surface area contributed by atoms with E-state index in [2.05, 4.69) is 4.98 Å². The van der Waals surface area contributed by atoms with Crippen molar-refractivity contribution in [1.82, 2.24) is 14.4 Å². The molecule has 5 nitrogen and oxygen atoms in total. The fourth-order valence-electron chi connectivity index (χ4n) is 3.35. The van der Waals surface area contributed by atoms with Gasteiger partial charge in [-0.15, -0.1) is 11.3 Å². The summed E-state index contributed by atoms with van der Waals surface area (Å²) >= 11 is 3.11. The van der Waals surface area contributed by atoms with Gasteiger partial charge in [0, 0.05) is 29.4 Å². The first-order valence-corrected chi connectivity index (χ1v) is 11.1. The Hall–Kier alpha value is -3.03. The van der Waals surface area contributed by atoms with E-state index in [-0.39, 0.29) is 5.91 Å². The van der Waals surface area contributed by atoms with Crippen molar-refractivity contribution in [1.29, 1.82) is 0 Å². The molecule has 29 heavy (non-hydrogen) atoms. The second kappa shape index (κ2) is 7.42. The highest BCUT2D eigenvalue weighted by molar-refractivity contribution is 7.22. The SMILES string of the molecule is CCN(C(=O)Cc1csc2nc(-c3ccccc3)cn12)c1nc2ccccc2s1. The number of amides is 1. The number of nitrogens with zero attached hydrogens (tertiary/aromatic N) is 4. The van der Waals surface area contributed by atoms with E-state index >= 15 is 0 Å². The Balaban J connectivity index is 1.43. The summed E-state index contributed by atoms with van der Waals surface area (Å²) in [7, 11) is 0. The third kappa shape index (κ3) is 3.32. The van der Waals surface area contributed by atoms with Gasteiger partial charge in [-0.25, -0.2) is 9.97 Å². The van der Waals surface area contributed by atoms with E-state index in [1.165, 1.54) is 0 Å². The summed E-state index contributed by atoms with van der Waals surface area (Å²) < 4.78 is 3.12. The highest BCUT2D eigenvalue weighted by Gasteiger charge is 2.20. The molecule has 0 fully saturated rings. The van der Waals surface area contributed by atoms with Crippen LogP contribution < -0.4 is 4.90 Å². The summed E-state index contributed by atoms with van der Waals surface area (Å²) in [4.78, 5) is 25.1. The fraction of sp³-hybridized carbons (Fsp3) is 0.136. The van der Waals surface area contributed by atoms with Gasteiger partial charge in [-0.3, -0.25) is 14.1 Å². The summed E-state index contributed by atoms with van der Waals surface area (Å²) in [5.74, 6) is 0.0428. The number of likely N-dealkylation sites (N-methyl/N-ethyl adjacent to an activating group) is 1. The van der Waals surface area contributed by atoms with Crippen molar-refractivity contribution in [3.05, 3.63) is 71.9 Å². The van der Waals surface area contributed by atoms with E-state index in [0.29, 0.717) is 13.0 Å². The van der Waals surface area contributed by atoms with Gasteiger partial charge < -0.3 is 0 Å². The zero-order valence-electron chi connectivity index (χ0n) is 15.8. The van der Waals surface area contributed by atoms with Gasteiger partial charge in [0.15, 0.2) is 10.1 Å². The van der Waals surface area contributed by atoms with Crippen LogP contribution in [-0.4, -0.2) is 26.8 Å². The predicted molar refractivity (Wildman–Crippen MR) is 120 cm³/mol. The number of imidazole rings is 1. The second-order valence-corrected chi connectivity index (χ2v) is 8.50. The number of carbonyl (C=O) groups excluding carboxylic acids is 1. The summed E-state index contributed by atoms with van der Waals surface area (Å²) in [5.41, 5.74) is 3.87. The maximum atomic E-state index is 13.1. The topological polar surface area (TPSA) is 50.5 Å². The standard InChI is InChI=1S/C22H18N4OS2/c1-2-25(22-23-17-10-6-7-11-19(17)29-22)20(27)12-16-14-28-21-24-18(13-26(16)21)15-8-4-3-5-9-15/h3-11,13-14H,2,12H2,1H3. The zero-order valence-corrected chi connectivity index (χ0v) is 17.4. The van der Waals surface area contributed by atoms with Gasteiger partial charge in [-0.05, 0) is 19.1 Å². The molecule has 5 aromatic rings. The minimum atomic E-state index is 0.0428. The lowest BCUT2D eigenvalue weighted by Gasteiger charge is -2.17. The lowest BCUT2D eigenvalue weighted by atomic mass is 10.2. The largest absolute Gasteiger partial charge is 0.294 e. The molecule has 0 unspecified atom stereocenters. The molecule has 0 N–H and O–H groups in total. The Morgan fingerprint density at radius 3 is 2.66 bits per heavy atom. The molecule has 0 spiro atoms. The highest BCUT2D eigenvalue weighted by Crippen LogP contribution is 2.29. The number of hydrogen-bond donors (Lipinski definition) is 0. The summed E-state index contributed by atoms with van der Waals surface area (Å²) in [6.07, 6.45) is 2.33. The van der Waals surface area contributed by atoms with E-state index in [0.717, 1.165) is 37.3 Å². The van der Waals surface area contributed by atoms with Crippen molar-refractivity contribution in [3.8, 4) is 11.3 Å². The molecule has 0 aliphatic carbocycles. The minimum Gasteiger partial charge on any atom is -0.294 e. The molecule has 0 atom stereocenters. The van der Waals surface area contributed by atoms with Crippen LogP contribution in [0.3, 0.4) is 0 Å². The van der Waals surface area contributed by atoms with Crippen LogP contribution in [0.4, 0.5) is 5.13 Å². The lowest BCUT2D eigenvalue weighted by molar-refractivity contribution is -0.118. The Bertz CT molecular complexity index is 1270. The number of para-hydroxylation sites is 1. The number of carbonyl (C=O) groups is 1. The molecule has 0 bridgehead atoms. The average Bonchev–Trinajstić information content (AvgIpc) is 3.44. The van der Waals surface area contributed by atoms with Crippen molar-refractivity contribution in [2.75, 3.05) is 11.4 Å². The number of fused-ring (bicyclic) bond motifs is 2. The molecular formula is C22H18N4OS2. The van der Waals surface area contributed by atoms with E-state index in [9.17, 15) is 4.79 Å². The van der Waals surface area contributed by atoms with Crippen molar-refractivity contribution in [2.24, 2.45) is 0 Å². The van der Waals surface area contributed by atoms with Crippen LogP contribution in [0.5, 0.6) is 0 Å². The number of thiazole rings is 2. The van der Waals surface area contributed by atoms with Gasteiger partial charge in [0.25, 0.3) is 0 Å². The molecule has 2 aromatic carbocycles. The maximum absolute atomic E-state index is 13.1. The Morgan fingerprint density at radius 1 is 1.07 bits per heavy atom. The smallest absolute Gasteiger partial charge is 0.234 e. The van der Waals surface area contributed by atoms with Gasteiger partial charge in [0.1, 0.15) is 0 Å². The molecule has 3 heterocycles. The molecule has 1 amide bonds. The second-order valence-electron chi connectivity index (χ2n) is 6.65. The molecule has 0 saturated carbocycles. The predicted octanol–water partition coefficient (Wildman–Crippen LogP) is 5.27. The summed E-state index contributed by atoms with van der Waals surface area (Å²) in [6.45, 7) is 2.57. The van der Waals surface area contributed by atoms with E-state index in [4.69, 9.17) is 4.98 Å². The highest BCUT2D eigenvalue weighted by atomic mass is 32.1. The zero-order chi connectivity index (χ0) is 19.8. The number of rotatable bonds is 5. The van der Waals surface area contributed by atoms with Crippen LogP contribution in [0.15, 0.2) is 66.2 Å². The van der Waals surface area contributed by atoms with Crippen molar-refractivity contribution in [2.45, 2.75) is 13.3 Å². The van der Waals surface area contributed by atoms with Crippen LogP contribution in [0.2, 0.25) is 0 Å².